The minimum Gasteiger partial charge on any atom is -0.494 e. The van der Waals surface area contributed by atoms with Gasteiger partial charge in [0, 0.05) is 34.6 Å². The van der Waals surface area contributed by atoms with Crippen molar-refractivity contribution in [1.29, 1.82) is 0 Å². The average Bonchev–Trinajstić information content (AvgIpc) is 3.07. The first-order chi connectivity index (χ1) is 22.9. The lowest BCUT2D eigenvalue weighted by molar-refractivity contribution is -0.140. The van der Waals surface area contributed by atoms with Gasteiger partial charge in [-0.2, -0.15) is 0 Å². The Morgan fingerprint density at radius 3 is 2.08 bits per heavy atom. The molecule has 4 rings (SSSR count). The molecule has 0 radical (unpaired) electrons. The maximum atomic E-state index is 14.6. The highest BCUT2D eigenvalue weighted by molar-refractivity contribution is 7.92. The molecule has 0 aliphatic heterocycles. The molecule has 2 amide bonds. The molecule has 4 aromatic carbocycles. The van der Waals surface area contributed by atoms with E-state index in [4.69, 9.17) is 27.9 Å². The highest BCUT2D eigenvalue weighted by atomic mass is 35.5. The van der Waals surface area contributed by atoms with Crippen molar-refractivity contribution in [2.45, 2.75) is 57.1 Å². The summed E-state index contributed by atoms with van der Waals surface area (Å²) >= 11 is 13.1. The first kappa shape index (κ1) is 36.7. The molecule has 12 heteroatoms. The number of nitrogens with one attached hydrogen (secondary N) is 1. The lowest BCUT2D eigenvalue weighted by Crippen LogP contribution is -2.54. The van der Waals surface area contributed by atoms with E-state index in [1.807, 2.05) is 51.1 Å². The number of anilines is 1. The summed E-state index contributed by atoms with van der Waals surface area (Å²) in [7, 11) is -4.39. The second kappa shape index (κ2) is 16.8. The molecule has 0 fully saturated rings. The summed E-state index contributed by atoms with van der Waals surface area (Å²) in [5.74, 6) is -1.24. The van der Waals surface area contributed by atoms with E-state index in [1.54, 1.807) is 18.2 Å². The minimum atomic E-state index is -4.39. The summed E-state index contributed by atoms with van der Waals surface area (Å²) in [5, 5.41) is 3.53. The number of benzene rings is 4. The fourth-order valence-electron chi connectivity index (χ4n) is 4.99. The van der Waals surface area contributed by atoms with Gasteiger partial charge in [-0.3, -0.25) is 13.9 Å². The third kappa shape index (κ3) is 9.27. The molecule has 0 aromatic heterocycles. The van der Waals surface area contributed by atoms with Crippen molar-refractivity contribution in [2.24, 2.45) is 0 Å². The Bertz CT molecular complexity index is 1770. The van der Waals surface area contributed by atoms with Crippen molar-refractivity contribution < 1.29 is 27.1 Å². The Labute approximate surface area is 291 Å². The van der Waals surface area contributed by atoms with Crippen LogP contribution >= 0.6 is 23.2 Å². The lowest BCUT2D eigenvalue weighted by atomic mass is 10.0. The maximum absolute atomic E-state index is 14.6. The Morgan fingerprint density at radius 2 is 1.50 bits per heavy atom. The van der Waals surface area contributed by atoms with Crippen LogP contribution in [0, 0.1) is 5.82 Å². The zero-order valence-corrected chi connectivity index (χ0v) is 29.2. The second-order valence-electron chi connectivity index (χ2n) is 11.1. The molecular formula is C36H38Cl2FN3O5S. The smallest absolute Gasteiger partial charge is 0.264 e. The summed E-state index contributed by atoms with van der Waals surface area (Å²) < 4.78 is 48.8. The van der Waals surface area contributed by atoms with E-state index in [0.29, 0.717) is 24.3 Å². The zero-order chi connectivity index (χ0) is 34.8. The summed E-state index contributed by atoms with van der Waals surface area (Å²) in [6.07, 6.45) is 0.770. The largest absolute Gasteiger partial charge is 0.494 e. The Morgan fingerprint density at radius 1 is 0.875 bits per heavy atom. The molecule has 0 saturated carbocycles. The molecule has 2 atom stereocenters. The molecule has 4 aromatic rings. The predicted octanol–water partition coefficient (Wildman–Crippen LogP) is 7.28. The van der Waals surface area contributed by atoms with Gasteiger partial charge in [-0.25, -0.2) is 12.8 Å². The molecular weight excluding hydrogens is 676 g/mol. The van der Waals surface area contributed by atoms with E-state index in [0.717, 1.165) is 22.0 Å². The number of carbonyl (C=O) groups is 2. The first-order valence-electron chi connectivity index (χ1n) is 15.5. The number of hydrogen-bond donors (Lipinski definition) is 1. The van der Waals surface area contributed by atoms with E-state index in [1.165, 1.54) is 41.3 Å². The molecule has 1 N–H and O–H groups in total. The highest BCUT2D eigenvalue weighted by Crippen LogP contribution is 2.29. The lowest BCUT2D eigenvalue weighted by Gasteiger charge is -2.34. The van der Waals surface area contributed by atoms with E-state index in [9.17, 15) is 22.4 Å². The van der Waals surface area contributed by atoms with E-state index < -0.39 is 40.2 Å². The third-order valence-corrected chi connectivity index (χ3v) is 10.3. The molecule has 0 saturated heterocycles. The topological polar surface area (TPSA) is 96.0 Å². The van der Waals surface area contributed by atoms with Crippen molar-refractivity contribution in [3.8, 4) is 5.75 Å². The fourth-order valence-corrected chi connectivity index (χ4v) is 6.92. The quantitative estimate of drug-likeness (QED) is 0.140. The van der Waals surface area contributed by atoms with E-state index in [2.05, 4.69) is 5.32 Å². The minimum absolute atomic E-state index is 0.0537. The predicted molar refractivity (Wildman–Crippen MR) is 187 cm³/mol. The van der Waals surface area contributed by atoms with Crippen LogP contribution in [0.4, 0.5) is 10.1 Å². The normalized spacial score (nSPS) is 12.5. The zero-order valence-electron chi connectivity index (χ0n) is 26.9. The summed E-state index contributed by atoms with van der Waals surface area (Å²) in [6, 6.07) is 23.4. The number of hydrogen-bond acceptors (Lipinski definition) is 5. The Hall–Kier alpha value is -4.12. The number of halogens is 3. The molecule has 0 aliphatic rings. The van der Waals surface area contributed by atoms with Crippen LogP contribution in [0.25, 0.3) is 0 Å². The van der Waals surface area contributed by atoms with Gasteiger partial charge in [-0.05, 0) is 86.5 Å². The van der Waals surface area contributed by atoms with Crippen LogP contribution < -0.4 is 14.4 Å². The number of amides is 2. The molecule has 8 nitrogen and oxygen atoms in total. The number of sulfonamides is 1. The summed E-state index contributed by atoms with van der Waals surface area (Å²) in [5.41, 5.74) is 1.23. The van der Waals surface area contributed by atoms with Crippen LogP contribution in [-0.4, -0.2) is 50.4 Å². The van der Waals surface area contributed by atoms with Crippen LogP contribution in [0.3, 0.4) is 0 Å². The van der Waals surface area contributed by atoms with Gasteiger partial charge in [-0.1, -0.05) is 66.5 Å². The van der Waals surface area contributed by atoms with Gasteiger partial charge in [0.2, 0.25) is 11.8 Å². The highest BCUT2D eigenvalue weighted by Gasteiger charge is 2.35. The van der Waals surface area contributed by atoms with Crippen molar-refractivity contribution in [1.82, 2.24) is 10.2 Å². The molecule has 0 bridgehead atoms. The number of carbonyl (C=O) groups excluding carboxylic acids is 2. The maximum Gasteiger partial charge on any atom is 0.264 e. The van der Waals surface area contributed by atoms with Crippen molar-refractivity contribution in [3.63, 3.8) is 0 Å². The van der Waals surface area contributed by atoms with Crippen LogP contribution in [0.1, 0.15) is 38.3 Å². The van der Waals surface area contributed by atoms with Crippen LogP contribution in [0.15, 0.2) is 102 Å². The molecule has 254 valence electrons. The van der Waals surface area contributed by atoms with E-state index >= 15 is 0 Å². The molecule has 0 heterocycles. The molecule has 0 aliphatic carbocycles. The third-order valence-electron chi connectivity index (χ3n) is 7.78. The number of nitrogens with zero attached hydrogens (tertiary/aromatic N) is 2. The standard InChI is InChI=1S/C36H38Cl2FN3O5S/c1-4-25(3)40-36(44)34(22-26-10-7-6-8-11-26)41(23-31-32(37)12-9-13-33(31)38)35(43)24-42(28-16-14-27(39)15-17-28)48(45,46)30-20-18-29(19-21-30)47-5-2/h6-21,25,34H,4-5,22-24H2,1-3H3,(H,40,44). The molecule has 2 unspecified atom stereocenters. The van der Waals surface area contributed by atoms with Crippen molar-refractivity contribution in [3.05, 3.63) is 124 Å². The second-order valence-corrected chi connectivity index (χ2v) is 13.8. The summed E-state index contributed by atoms with van der Waals surface area (Å²) in [6.45, 7) is 5.07. The molecule has 48 heavy (non-hydrogen) atoms. The van der Waals surface area contributed by atoms with Gasteiger partial charge >= 0.3 is 0 Å². The van der Waals surface area contributed by atoms with E-state index in [-0.39, 0.29) is 39.6 Å². The van der Waals surface area contributed by atoms with Crippen LogP contribution in [0.5, 0.6) is 5.75 Å². The van der Waals surface area contributed by atoms with Gasteiger partial charge in [-0.15, -0.1) is 0 Å². The number of ether oxygens (including phenoxy) is 1. The average molecular weight is 715 g/mol. The van der Waals surface area contributed by atoms with Crippen molar-refractivity contribution in [2.75, 3.05) is 17.5 Å². The van der Waals surface area contributed by atoms with Gasteiger partial charge in [0.1, 0.15) is 24.2 Å². The Kier molecular flexibility index (Phi) is 12.9. The van der Waals surface area contributed by atoms with Gasteiger partial charge < -0.3 is 15.0 Å². The monoisotopic (exact) mass is 713 g/mol. The Balaban J connectivity index is 1.83. The molecule has 0 spiro atoms. The van der Waals surface area contributed by atoms with Crippen LogP contribution in [0.2, 0.25) is 10.0 Å². The van der Waals surface area contributed by atoms with Gasteiger partial charge in [0.05, 0.1) is 17.2 Å². The fraction of sp³-hybridized carbons (Fsp3) is 0.278. The summed E-state index contributed by atoms with van der Waals surface area (Å²) in [4.78, 5) is 29.7. The van der Waals surface area contributed by atoms with Crippen molar-refractivity contribution >= 4 is 50.7 Å². The van der Waals surface area contributed by atoms with Gasteiger partial charge in [0.15, 0.2) is 0 Å². The van der Waals surface area contributed by atoms with Gasteiger partial charge in [0.25, 0.3) is 10.0 Å². The number of rotatable bonds is 15. The van der Waals surface area contributed by atoms with Crippen LogP contribution in [-0.2, 0) is 32.6 Å². The SMILES string of the molecule is CCOc1ccc(S(=O)(=O)N(CC(=O)N(Cc2c(Cl)cccc2Cl)C(Cc2ccccc2)C(=O)NC(C)CC)c2ccc(F)cc2)cc1. The first-order valence-corrected chi connectivity index (χ1v) is 17.7.